The van der Waals surface area contributed by atoms with Gasteiger partial charge in [0.05, 0.1) is 28.2 Å². The molecule has 0 fully saturated rings. The van der Waals surface area contributed by atoms with Crippen molar-refractivity contribution in [1.29, 1.82) is 0 Å². The van der Waals surface area contributed by atoms with Gasteiger partial charge >= 0.3 is 0 Å². The molecule has 2 rings (SSSR count). The normalized spacial score (nSPS) is 11.1. The summed E-state index contributed by atoms with van der Waals surface area (Å²) < 4.78 is 24.9. The van der Waals surface area contributed by atoms with Gasteiger partial charge in [-0.05, 0) is 44.2 Å². The summed E-state index contributed by atoms with van der Waals surface area (Å²) in [6.45, 7) is 3.68. The predicted molar refractivity (Wildman–Crippen MR) is 107 cm³/mol. The lowest BCUT2D eigenvalue weighted by Gasteiger charge is -2.13. The molecule has 0 bridgehead atoms. The fourth-order valence-electron chi connectivity index (χ4n) is 2.26. The third kappa shape index (κ3) is 5.97. The smallest absolute Gasteiger partial charge is 0.255 e. The molecular weight excluding hydrogens is 390 g/mol. The van der Waals surface area contributed by atoms with Crippen molar-refractivity contribution >= 4 is 44.8 Å². The number of carbonyl (C=O) groups is 2. The van der Waals surface area contributed by atoms with Gasteiger partial charge in [0.15, 0.2) is 0 Å². The van der Waals surface area contributed by atoms with E-state index in [9.17, 15) is 18.0 Å². The third-order valence-electron chi connectivity index (χ3n) is 3.37. The molecule has 0 aromatic heterocycles. The molecule has 2 aromatic rings. The lowest BCUT2D eigenvalue weighted by molar-refractivity contribution is 0.0944. The molecule has 9 heteroatoms. The minimum Gasteiger partial charge on any atom is -0.350 e. The molecule has 0 saturated heterocycles. The number of hydrogen-bond acceptors (Lipinski definition) is 4. The molecular formula is C18H20ClN3O4S. The lowest BCUT2D eigenvalue weighted by Crippen LogP contribution is -2.31. The summed E-state index contributed by atoms with van der Waals surface area (Å²) in [6, 6.07) is 10.8. The fraction of sp³-hybridized carbons (Fsp3) is 0.222. The van der Waals surface area contributed by atoms with Crippen LogP contribution in [0.4, 0.5) is 11.4 Å². The van der Waals surface area contributed by atoms with Crippen molar-refractivity contribution in [2.75, 3.05) is 16.3 Å². The molecule has 144 valence electrons. The maximum absolute atomic E-state index is 12.5. The highest BCUT2D eigenvalue weighted by atomic mass is 35.5. The van der Waals surface area contributed by atoms with E-state index in [0.29, 0.717) is 11.3 Å². The van der Waals surface area contributed by atoms with Gasteiger partial charge in [-0.15, -0.1) is 0 Å². The highest BCUT2D eigenvalue weighted by Crippen LogP contribution is 2.25. The molecule has 0 aliphatic carbocycles. The Hall–Kier alpha value is -2.58. The predicted octanol–water partition coefficient (Wildman–Crippen LogP) is 3.10. The van der Waals surface area contributed by atoms with Gasteiger partial charge in [0, 0.05) is 11.6 Å². The van der Waals surface area contributed by atoms with Gasteiger partial charge in [-0.25, -0.2) is 8.42 Å². The van der Waals surface area contributed by atoms with E-state index in [2.05, 4.69) is 15.4 Å². The quantitative estimate of drug-likeness (QED) is 0.681. The number of halogens is 1. The first-order valence-electron chi connectivity index (χ1n) is 8.05. The van der Waals surface area contributed by atoms with Crippen molar-refractivity contribution in [2.24, 2.45) is 0 Å². The summed E-state index contributed by atoms with van der Waals surface area (Å²) in [6.07, 6.45) is 1.00. The van der Waals surface area contributed by atoms with Crippen molar-refractivity contribution in [1.82, 2.24) is 5.32 Å². The van der Waals surface area contributed by atoms with Gasteiger partial charge in [-0.3, -0.25) is 14.3 Å². The zero-order valence-electron chi connectivity index (χ0n) is 15.0. The van der Waals surface area contributed by atoms with Gasteiger partial charge in [0.1, 0.15) is 0 Å². The van der Waals surface area contributed by atoms with Crippen LogP contribution in [0.15, 0.2) is 42.5 Å². The Morgan fingerprint density at radius 1 is 1.00 bits per heavy atom. The third-order valence-corrected chi connectivity index (χ3v) is 4.27. The Morgan fingerprint density at radius 2 is 1.67 bits per heavy atom. The average Bonchev–Trinajstić information content (AvgIpc) is 2.55. The lowest BCUT2D eigenvalue weighted by atomic mass is 10.1. The number of rotatable bonds is 6. The van der Waals surface area contributed by atoms with Gasteiger partial charge in [-0.2, -0.15) is 0 Å². The van der Waals surface area contributed by atoms with Gasteiger partial charge in [0.2, 0.25) is 10.0 Å². The van der Waals surface area contributed by atoms with Crippen LogP contribution in [-0.2, 0) is 10.0 Å². The summed E-state index contributed by atoms with van der Waals surface area (Å²) in [5, 5.41) is 5.54. The van der Waals surface area contributed by atoms with Crippen molar-refractivity contribution in [3.8, 4) is 0 Å². The van der Waals surface area contributed by atoms with E-state index in [1.54, 1.807) is 24.3 Å². The first kappa shape index (κ1) is 20.7. The van der Waals surface area contributed by atoms with Crippen molar-refractivity contribution < 1.29 is 18.0 Å². The van der Waals surface area contributed by atoms with Crippen molar-refractivity contribution in [2.45, 2.75) is 19.9 Å². The van der Waals surface area contributed by atoms with Crippen LogP contribution in [0.3, 0.4) is 0 Å². The van der Waals surface area contributed by atoms with E-state index >= 15 is 0 Å². The Morgan fingerprint density at radius 3 is 2.26 bits per heavy atom. The molecule has 2 amide bonds. The van der Waals surface area contributed by atoms with Crippen LogP contribution >= 0.6 is 11.6 Å². The second kappa shape index (κ2) is 8.41. The van der Waals surface area contributed by atoms with E-state index in [4.69, 9.17) is 11.6 Å². The molecule has 0 heterocycles. The molecule has 3 N–H and O–H groups in total. The molecule has 0 aliphatic heterocycles. The maximum Gasteiger partial charge on any atom is 0.255 e. The fourth-order valence-corrected chi connectivity index (χ4v) is 3.12. The van der Waals surface area contributed by atoms with Crippen LogP contribution in [0.2, 0.25) is 5.02 Å². The summed E-state index contributed by atoms with van der Waals surface area (Å²) >= 11 is 6.05. The molecule has 0 unspecified atom stereocenters. The maximum atomic E-state index is 12.5. The summed E-state index contributed by atoms with van der Waals surface area (Å²) in [7, 11) is -3.49. The summed E-state index contributed by atoms with van der Waals surface area (Å²) in [5.74, 6) is -0.778. The zero-order chi connectivity index (χ0) is 20.2. The van der Waals surface area contributed by atoms with Gasteiger partial charge in [0.25, 0.3) is 11.8 Å². The van der Waals surface area contributed by atoms with Crippen molar-refractivity contribution in [3.63, 3.8) is 0 Å². The minimum absolute atomic E-state index is 0.0463. The van der Waals surface area contributed by atoms with E-state index < -0.39 is 15.9 Å². The highest BCUT2D eigenvalue weighted by molar-refractivity contribution is 7.92. The van der Waals surface area contributed by atoms with E-state index in [0.717, 1.165) is 6.26 Å². The molecule has 27 heavy (non-hydrogen) atoms. The largest absolute Gasteiger partial charge is 0.350 e. The Labute approximate surface area is 163 Å². The summed E-state index contributed by atoms with van der Waals surface area (Å²) in [4.78, 5) is 24.8. The average molecular weight is 410 g/mol. The van der Waals surface area contributed by atoms with Crippen LogP contribution in [0.25, 0.3) is 0 Å². The molecule has 0 atom stereocenters. The zero-order valence-corrected chi connectivity index (χ0v) is 16.6. The Bertz CT molecular complexity index is 974. The molecule has 7 nitrogen and oxygen atoms in total. The molecule has 0 aliphatic rings. The summed E-state index contributed by atoms with van der Waals surface area (Å²) in [5.41, 5.74) is 1.08. The number of carbonyl (C=O) groups excluding carboxylic acids is 2. The number of amides is 2. The Kier molecular flexibility index (Phi) is 6.45. The van der Waals surface area contributed by atoms with E-state index in [1.807, 2.05) is 13.8 Å². The topological polar surface area (TPSA) is 104 Å². The standard InChI is InChI=1S/C18H20ClN3O4S/c1-11(2)20-18(24)13-6-4-5-7-15(13)21-17(23)12-8-9-16(14(19)10-12)22-27(3,25)26/h4-11,22H,1-3H3,(H,20,24)(H,21,23). The second-order valence-corrected chi connectivity index (χ2v) is 8.35. The molecule has 0 saturated carbocycles. The second-order valence-electron chi connectivity index (χ2n) is 6.20. The molecule has 0 spiro atoms. The SMILES string of the molecule is CC(C)NC(=O)c1ccccc1NC(=O)c1ccc(NS(C)(=O)=O)c(Cl)c1. The van der Waals surface area contributed by atoms with Crippen LogP contribution in [0, 0.1) is 0 Å². The van der Waals surface area contributed by atoms with Crippen LogP contribution in [0.5, 0.6) is 0 Å². The molecule has 2 aromatic carbocycles. The first-order valence-corrected chi connectivity index (χ1v) is 10.3. The highest BCUT2D eigenvalue weighted by Gasteiger charge is 2.16. The van der Waals surface area contributed by atoms with Gasteiger partial charge < -0.3 is 10.6 Å². The monoisotopic (exact) mass is 409 g/mol. The minimum atomic E-state index is -3.49. The first-order chi connectivity index (χ1) is 12.6. The number of benzene rings is 2. The number of sulfonamides is 1. The number of anilines is 2. The van der Waals surface area contributed by atoms with Crippen LogP contribution in [0.1, 0.15) is 34.6 Å². The van der Waals surface area contributed by atoms with Crippen LogP contribution in [-0.4, -0.2) is 32.5 Å². The number of hydrogen-bond donors (Lipinski definition) is 3. The molecule has 0 radical (unpaired) electrons. The van der Waals surface area contributed by atoms with E-state index in [1.165, 1.54) is 18.2 Å². The van der Waals surface area contributed by atoms with Gasteiger partial charge in [-0.1, -0.05) is 23.7 Å². The van der Waals surface area contributed by atoms with E-state index in [-0.39, 0.29) is 28.2 Å². The number of para-hydroxylation sites is 1. The Balaban J connectivity index is 2.23. The number of nitrogens with one attached hydrogen (secondary N) is 3. The van der Waals surface area contributed by atoms with Crippen molar-refractivity contribution in [3.05, 3.63) is 58.6 Å². The van der Waals surface area contributed by atoms with Crippen LogP contribution < -0.4 is 15.4 Å².